The number of hydrogen-bond acceptors (Lipinski definition) is 18. The van der Waals surface area contributed by atoms with Crippen LogP contribution >= 0.6 is 0 Å². The summed E-state index contributed by atoms with van der Waals surface area (Å²) >= 11 is 0. The molecule has 2 fully saturated rings. The summed E-state index contributed by atoms with van der Waals surface area (Å²) in [6.45, 7) is 4.86. The molecule has 28 heteroatoms. The van der Waals surface area contributed by atoms with Gasteiger partial charge in [-0.2, -0.15) is 0 Å². The van der Waals surface area contributed by atoms with Crippen LogP contribution in [0.25, 0.3) is 28.1 Å². The molecule has 1 spiro atoms. The Hall–Kier alpha value is -11.8. The van der Waals surface area contributed by atoms with Crippen LogP contribution in [0.15, 0.2) is 128 Å². The van der Waals surface area contributed by atoms with E-state index in [9.17, 15) is 48.3 Å². The Kier molecular flexibility index (Phi) is 22.6. The summed E-state index contributed by atoms with van der Waals surface area (Å²) in [7, 11) is 6.47. The molecular weight excluding hydrogens is 1400 g/mol. The van der Waals surface area contributed by atoms with Gasteiger partial charge in [0.1, 0.15) is 30.1 Å². The Morgan fingerprint density at radius 3 is 2.06 bits per heavy atom. The highest BCUT2D eigenvalue weighted by Gasteiger charge is 2.58. The van der Waals surface area contributed by atoms with E-state index in [4.69, 9.17) is 28.4 Å². The molecule has 5 atom stereocenters. The van der Waals surface area contributed by atoms with Crippen molar-refractivity contribution >= 4 is 76.0 Å². The number of aliphatic hydroxyl groups is 1. The summed E-state index contributed by atoms with van der Waals surface area (Å²) in [5.41, 5.74) is 9.12. The van der Waals surface area contributed by atoms with Crippen LogP contribution in [0.3, 0.4) is 0 Å². The lowest BCUT2D eigenvalue weighted by Crippen LogP contribution is -2.55. The zero-order chi connectivity index (χ0) is 76.8. The molecule has 109 heavy (non-hydrogen) atoms. The van der Waals surface area contributed by atoms with E-state index in [1.165, 1.54) is 26.2 Å². The third-order valence-electron chi connectivity index (χ3n) is 21.1. The van der Waals surface area contributed by atoms with Crippen molar-refractivity contribution in [3.05, 3.63) is 161 Å². The van der Waals surface area contributed by atoms with Crippen LogP contribution in [0, 0.1) is 11.3 Å². The third-order valence-corrected chi connectivity index (χ3v) is 21.1. The third kappa shape index (κ3) is 16.5. The standard InChI is InChI=1S/C81H90N12O16/c1-47(2)72(86-70(96)42-83-69(95)41-82-68(94)29-30-71(97)91-43-52-15-9-10-16-57(52)74-73(87-88-89(74)4)58-17-11-12-18-61(58)91)76(99)84-48(3)75(98)85-54-24-19-49(20-25-54)45-109-80(103)93-62-39-67(65(106-7)38-60(62)78(101)92-46-81(31-32-81)40-63(92)79(93)102)108-34-14-8-13-33-107-66-36-51-21-26-55-35-53(50-22-27-56(104-5)28-23-50)44-90(55)77(100)59(51)37-64(66)105-6/h9-12,15-20,22-25,27-28,36-39,44,47-48,55,63,72,79,102H,8,13-14,21,26,29-35,40-43,45-46H2,1-7H3,(H,82,94)(H,83,95)(H,84,99)(H,85,98)(H,86,96)/t48-,55+,63-,72-,79-/m0/s1. The molecule has 1 saturated carbocycles. The van der Waals surface area contributed by atoms with Crippen LogP contribution in [0.1, 0.15) is 128 Å². The number of nitrogens with zero attached hydrogens (tertiary/aromatic N) is 7. The van der Waals surface area contributed by atoms with Gasteiger partial charge in [0.05, 0.1) is 82.9 Å². The molecule has 1 aromatic heterocycles. The van der Waals surface area contributed by atoms with Crippen LogP contribution in [0.4, 0.5) is 21.9 Å². The predicted octanol–water partition coefficient (Wildman–Crippen LogP) is 8.62. The van der Waals surface area contributed by atoms with Crippen molar-refractivity contribution in [2.45, 2.75) is 135 Å². The lowest BCUT2D eigenvalue weighted by atomic mass is 9.95. The quantitative estimate of drug-likeness (QED) is 0.0262. The molecule has 9 amide bonds. The van der Waals surface area contributed by atoms with Gasteiger partial charge in [-0.1, -0.05) is 85.8 Å². The maximum absolute atomic E-state index is 14.5. The first-order valence-corrected chi connectivity index (χ1v) is 36.8. The Balaban J connectivity index is 0.557. The molecule has 0 radical (unpaired) electrons. The number of ether oxygens (including phenoxy) is 6. The number of aryl methyl sites for hydroxylation is 2. The highest BCUT2D eigenvalue weighted by atomic mass is 16.6. The summed E-state index contributed by atoms with van der Waals surface area (Å²) in [6, 6.07) is 33.2. The first kappa shape index (κ1) is 75.4. The second-order valence-electron chi connectivity index (χ2n) is 28.8. The van der Waals surface area contributed by atoms with E-state index >= 15 is 0 Å². The molecule has 28 nitrogen and oxygen atoms in total. The fourth-order valence-electron chi connectivity index (χ4n) is 14.9. The molecule has 13 rings (SSSR count). The molecule has 6 heterocycles. The SMILES string of the molecule is COc1ccc(C2=CN3C(=O)c4cc(OC)c(OCCCCCOc5cc6c(cc5OC)C(=O)N5CC7(CC7)C[C@H]5[C@H](O)N6C(=O)OCc5ccc(NC(=O)[C@H](C)NC(=O)[C@@H](NC(=O)CNC(=O)CNC(=O)CCC(=O)N6Cc7ccccc7-c7c(nnn7C)-c7ccccc76)C(C)C)cc5)cc4CC[C@@H]3C2)cc1. The molecule has 6 aliphatic rings. The number of benzene rings is 6. The van der Waals surface area contributed by atoms with Gasteiger partial charge >= 0.3 is 6.09 Å². The fourth-order valence-corrected chi connectivity index (χ4v) is 14.9. The zero-order valence-corrected chi connectivity index (χ0v) is 62.0. The smallest absolute Gasteiger partial charge is 0.416 e. The van der Waals surface area contributed by atoms with Crippen molar-refractivity contribution in [1.82, 2.24) is 46.1 Å². The summed E-state index contributed by atoms with van der Waals surface area (Å²) in [5.74, 6) is -2.09. The molecule has 0 unspecified atom stereocenters. The number of nitrogens with one attached hydrogen (secondary N) is 5. The van der Waals surface area contributed by atoms with Gasteiger partial charge in [-0.3, -0.25) is 38.4 Å². The predicted molar refractivity (Wildman–Crippen MR) is 402 cm³/mol. The number of methoxy groups -OCH3 is 3. The van der Waals surface area contributed by atoms with E-state index in [-0.39, 0.29) is 84.5 Å². The molecule has 6 N–H and O–H groups in total. The summed E-state index contributed by atoms with van der Waals surface area (Å²) in [4.78, 5) is 129. The summed E-state index contributed by atoms with van der Waals surface area (Å²) < 4.78 is 37.1. The fraction of sp³-hybridized carbons (Fsp3) is 0.395. The summed E-state index contributed by atoms with van der Waals surface area (Å²) in [6.07, 6.45) is 5.68. The lowest BCUT2D eigenvalue weighted by Gasteiger charge is -2.31. The zero-order valence-electron chi connectivity index (χ0n) is 62.0. The second kappa shape index (κ2) is 32.7. The number of fused-ring (bicyclic) bond motifs is 9. The van der Waals surface area contributed by atoms with Gasteiger partial charge in [0.15, 0.2) is 29.2 Å². The minimum absolute atomic E-state index is 0.0337. The van der Waals surface area contributed by atoms with Gasteiger partial charge in [0.25, 0.3) is 11.8 Å². The number of hydrogen-bond donors (Lipinski definition) is 6. The van der Waals surface area contributed by atoms with Crippen LogP contribution in [0.5, 0.6) is 28.7 Å². The molecular formula is C81H90N12O16. The minimum atomic E-state index is -1.48. The van der Waals surface area contributed by atoms with Crippen molar-refractivity contribution in [2.75, 3.05) is 69.3 Å². The van der Waals surface area contributed by atoms with E-state index in [0.717, 1.165) is 69.9 Å². The number of unbranched alkanes of at least 4 members (excludes halogenated alkanes) is 2. The normalized spacial score (nSPS) is 17.5. The molecule has 1 saturated heterocycles. The Morgan fingerprint density at radius 2 is 1.35 bits per heavy atom. The highest BCUT2D eigenvalue weighted by Crippen LogP contribution is 2.57. The second-order valence-corrected chi connectivity index (χ2v) is 28.8. The first-order valence-electron chi connectivity index (χ1n) is 36.8. The Bertz CT molecular complexity index is 4690. The van der Waals surface area contributed by atoms with Crippen molar-refractivity contribution in [2.24, 2.45) is 18.4 Å². The Labute approximate surface area is 630 Å². The maximum Gasteiger partial charge on any atom is 0.416 e. The monoisotopic (exact) mass is 1490 g/mol. The number of para-hydroxylation sites is 1. The minimum Gasteiger partial charge on any atom is -0.497 e. The average molecular weight is 1490 g/mol. The highest BCUT2D eigenvalue weighted by molar-refractivity contribution is 6.07. The number of carbonyl (C=O) groups excluding carboxylic acids is 9. The van der Waals surface area contributed by atoms with E-state index in [1.54, 1.807) is 72.9 Å². The lowest BCUT2D eigenvalue weighted by molar-refractivity contribution is -0.132. The Morgan fingerprint density at radius 1 is 0.670 bits per heavy atom. The van der Waals surface area contributed by atoms with E-state index in [1.807, 2.05) is 97.0 Å². The van der Waals surface area contributed by atoms with Gasteiger partial charge in [-0.05, 0) is 152 Å². The molecule has 570 valence electrons. The van der Waals surface area contributed by atoms with Gasteiger partial charge in [-0.15, -0.1) is 5.10 Å². The molecule has 5 aliphatic heterocycles. The molecule has 7 aromatic rings. The van der Waals surface area contributed by atoms with Crippen molar-refractivity contribution in [1.29, 1.82) is 0 Å². The van der Waals surface area contributed by atoms with Crippen LogP contribution in [-0.2, 0) is 60.1 Å². The number of anilines is 3. The van der Waals surface area contributed by atoms with Crippen LogP contribution < -0.4 is 60.1 Å². The molecule has 0 bridgehead atoms. The topological polar surface area (TPSA) is 333 Å². The maximum atomic E-state index is 14.5. The first-order chi connectivity index (χ1) is 52.6. The van der Waals surface area contributed by atoms with Gasteiger partial charge in [0.2, 0.25) is 35.4 Å². The van der Waals surface area contributed by atoms with Crippen molar-refractivity contribution in [3.8, 4) is 51.3 Å². The molecule has 1 aliphatic carbocycles. The number of carbonyl (C=O) groups is 9. The number of aliphatic hydroxyl groups excluding tert-OH is 1. The van der Waals surface area contributed by atoms with Gasteiger partial charge < -0.3 is 74.8 Å². The van der Waals surface area contributed by atoms with E-state index in [0.29, 0.717) is 90.5 Å². The largest absolute Gasteiger partial charge is 0.497 e. The average Bonchev–Trinajstić information content (AvgIpc) is 1.50. The van der Waals surface area contributed by atoms with Gasteiger partial charge in [0, 0.05) is 67.1 Å². The number of amides is 9. The summed E-state index contributed by atoms with van der Waals surface area (Å²) in [5, 5.41) is 33.9. The van der Waals surface area contributed by atoms with Crippen LogP contribution in [-0.4, -0.2) is 168 Å². The van der Waals surface area contributed by atoms with Crippen molar-refractivity contribution < 1.29 is 76.7 Å². The number of rotatable bonds is 27. The van der Waals surface area contributed by atoms with E-state index in [2.05, 4.69) is 36.9 Å². The van der Waals surface area contributed by atoms with Crippen molar-refractivity contribution in [3.63, 3.8) is 0 Å². The van der Waals surface area contributed by atoms with Crippen LogP contribution in [0.2, 0.25) is 0 Å². The molecule has 6 aromatic carbocycles. The van der Waals surface area contributed by atoms with Gasteiger partial charge in [-0.25, -0.2) is 14.4 Å². The number of aromatic nitrogens is 3. The van der Waals surface area contributed by atoms with E-state index < -0.39 is 79.0 Å².